The second-order valence-electron chi connectivity index (χ2n) is 10.5. The molecule has 12 heteroatoms. The largest absolute Gasteiger partial charge is 0.416 e. The van der Waals surface area contributed by atoms with Crippen molar-refractivity contribution in [3.8, 4) is 0 Å². The molecular weight excluding hydrogens is 580 g/mol. The summed E-state index contributed by atoms with van der Waals surface area (Å²) in [7, 11) is 1.57. The molecule has 2 aromatic carbocycles. The fraction of sp³-hybridized carbons (Fsp3) is 0.517. The van der Waals surface area contributed by atoms with E-state index in [0.717, 1.165) is 11.6 Å². The number of nitrogens with one attached hydrogen (secondary N) is 1. The van der Waals surface area contributed by atoms with Gasteiger partial charge in [0.05, 0.1) is 12.2 Å². The number of carbonyl (C=O) groups is 2. The number of hydrogen-bond acceptors (Lipinski definition) is 5. The smallest absolute Gasteiger partial charge is 0.383 e. The number of nitrogens with zero attached hydrogens (tertiary/aromatic N) is 3. The van der Waals surface area contributed by atoms with Crippen molar-refractivity contribution in [2.75, 3.05) is 51.3 Å². The van der Waals surface area contributed by atoms with Gasteiger partial charge in [-0.2, -0.15) is 13.2 Å². The molecule has 2 aliphatic rings. The van der Waals surface area contributed by atoms with Crippen molar-refractivity contribution in [1.82, 2.24) is 15.1 Å². The minimum Gasteiger partial charge on any atom is -0.383 e. The van der Waals surface area contributed by atoms with Gasteiger partial charge in [-0.15, -0.1) is 0 Å². The Hall–Kier alpha value is -2.53. The summed E-state index contributed by atoms with van der Waals surface area (Å²) >= 11 is 12.5. The number of ether oxygens (including phenoxy) is 1. The maximum atomic E-state index is 13.8. The maximum absolute atomic E-state index is 13.8. The molecule has 4 rings (SSSR count). The lowest BCUT2D eigenvalue weighted by atomic mass is 10.0. The predicted molar refractivity (Wildman–Crippen MR) is 153 cm³/mol. The van der Waals surface area contributed by atoms with Crippen LogP contribution in [0.15, 0.2) is 36.4 Å². The molecule has 0 aromatic heterocycles. The number of likely N-dealkylation sites (tertiary alicyclic amines) is 1. The van der Waals surface area contributed by atoms with Gasteiger partial charge in [0, 0.05) is 81.0 Å². The van der Waals surface area contributed by atoms with Crippen LogP contribution in [0.4, 0.5) is 18.9 Å². The number of benzene rings is 2. The molecular formula is C29H35Cl2F3N4O3. The molecule has 0 spiro atoms. The van der Waals surface area contributed by atoms with Crippen LogP contribution in [0.3, 0.4) is 0 Å². The molecule has 2 atom stereocenters. The van der Waals surface area contributed by atoms with Gasteiger partial charge in [0.1, 0.15) is 6.04 Å². The lowest BCUT2D eigenvalue weighted by molar-refractivity contribution is -0.143. The van der Waals surface area contributed by atoms with E-state index in [9.17, 15) is 22.8 Å². The minimum absolute atomic E-state index is 0.0452. The Balaban J connectivity index is 1.49. The van der Waals surface area contributed by atoms with Gasteiger partial charge in [0.25, 0.3) is 0 Å². The summed E-state index contributed by atoms with van der Waals surface area (Å²) < 4.78 is 45.6. The van der Waals surface area contributed by atoms with Gasteiger partial charge < -0.3 is 24.8 Å². The predicted octanol–water partition coefficient (Wildman–Crippen LogP) is 5.02. The monoisotopic (exact) mass is 614 g/mol. The van der Waals surface area contributed by atoms with Crippen molar-refractivity contribution in [3.05, 3.63) is 63.1 Å². The van der Waals surface area contributed by atoms with Crippen LogP contribution >= 0.6 is 23.2 Å². The number of halogens is 5. The maximum Gasteiger partial charge on any atom is 0.416 e. The Labute approximate surface area is 248 Å². The molecule has 0 bridgehead atoms. The van der Waals surface area contributed by atoms with Gasteiger partial charge in [0.2, 0.25) is 11.8 Å². The molecule has 2 amide bonds. The summed E-state index contributed by atoms with van der Waals surface area (Å²) in [5.41, 5.74) is 1.25. The van der Waals surface area contributed by atoms with Gasteiger partial charge in [-0.25, -0.2) is 0 Å². The highest BCUT2D eigenvalue weighted by atomic mass is 35.5. The van der Waals surface area contributed by atoms with Crippen LogP contribution in [0.25, 0.3) is 0 Å². The van der Waals surface area contributed by atoms with Crippen LogP contribution in [0.5, 0.6) is 0 Å². The molecule has 224 valence electrons. The first-order valence-corrected chi connectivity index (χ1v) is 14.4. The molecule has 0 aliphatic carbocycles. The zero-order chi connectivity index (χ0) is 29.7. The van der Waals surface area contributed by atoms with Gasteiger partial charge in [-0.1, -0.05) is 29.3 Å². The lowest BCUT2D eigenvalue weighted by Crippen LogP contribution is -2.56. The highest BCUT2D eigenvalue weighted by molar-refractivity contribution is 6.35. The van der Waals surface area contributed by atoms with Crippen molar-refractivity contribution in [2.24, 2.45) is 0 Å². The highest BCUT2D eigenvalue weighted by Crippen LogP contribution is 2.34. The lowest BCUT2D eigenvalue weighted by Gasteiger charge is -2.40. The zero-order valence-corrected chi connectivity index (χ0v) is 24.7. The first-order valence-electron chi connectivity index (χ1n) is 13.7. The zero-order valence-electron chi connectivity index (χ0n) is 23.1. The fourth-order valence-corrected chi connectivity index (χ4v) is 5.89. The number of anilines is 1. The van der Waals surface area contributed by atoms with Crippen molar-refractivity contribution in [1.29, 1.82) is 0 Å². The van der Waals surface area contributed by atoms with Crippen LogP contribution in [-0.4, -0.2) is 80.1 Å². The summed E-state index contributed by atoms with van der Waals surface area (Å²) in [5.74, 6) is -0.217. The molecule has 2 aliphatic heterocycles. The fourth-order valence-electron chi connectivity index (χ4n) is 5.41. The summed E-state index contributed by atoms with van der Waals surface area (Å²) in [6.45, 7) is 4.71. The Morgan fingerprint density at radius 1 is 1.05 bits per heavy atom. The number of alkyl halides is 3. The van der Waals surface area contributed by atoms with Gasteiger partial charge in [-0.05, 0) is 54.8 Å². The molecule has 0 saturated carbocycles. The second-order valence-corrected chi connectivity index (χ2v) is 11.4. The van der Waals surface area contributed by atoms with E-state index in [1.807, 2.05) is 11.8 Å². The van der Waals surface area contributed by atoms with Crippen molar-refractivity contribution < 1.29 is 27.5 Å². The molecule has 2 saturated heterocycles. The van der Waals surface area contributed by atoms with E-state index in [1.165, 1.54) is 12.1 Å². The van der Waals surface area contributed by atoms with Crippen molar-refractivity contribution in [2.45, 2.75) is 51.0 Å². The topological polar surface area (TPSA) is 65.1 Å². The molecule has 0 radical (unpaired) electrons. The molecule has 2 heterocycles. The SMILES string of the molecule is COC[C@@H](C)NCc1cc(C(F)(F)F)ccc1N1CCN(C(=O)C(Cc2ccc(Cl)cc2Cl)N2CCCC2=O)CC1. The van der Waals surface area contributed by atoms with Crippen LogP contribution in [0.1, 0.15) is 36.5 Å². The summed E-state index contributed by atoms with van der Waals surface area (Å²) in [6.07, 6.45) is -3.08. The number of carbonyl (C=O) groups excluding carboxylic acids is 2. The summed E-state index contributed by atoms with van der Waals surface area (Å²) in [6, 6.07) is 8.16. The highest BCUT2D eigenvalue weighted by Gasteiger charge is 2.37. The van der Waals surface area contributed by atoms with Gasteiger partial charge in [0.15, 0.2) is 0 Å². The third kappa shape index (κ3) is 7.85. The van der Waals surface area contributed by atoms with E-state index in [4.69, 9.17) is 27.9 Å². The Morgan fingerprint density at radius 2 is 1.78 bits per heavy atom. The van der Waals surface area contributed by atoms with Crippen LogP contribution in [0.2, 0.25) is 10.0 Å². The number of piperazine rings is 1. The molecule has 2 aromatic rings. The number of methoxy groups -OCH3 is 1. The summed E-state index contributed by atoms with van der Waals surface area (Å²) in [4.78, 5) is 31.9. The first-order chi connectivity index (χ1) is 19.5. The number of rotatable bonds is 10. The number of hydrogen-bond donors (Lipinski definition) is 1. The van der Waals surface area contributed by atoms with Crippen LogP contribution < -0.4 is 10.2 Å². The van der Waals surface area contributed by atoms with Crippen LogP contribution in [-0.2, 0) is 33.5 Å². The first kappa shape index (κ1) is 31.4. The van der Waals surface area contributed by atoms with E-state index < -0.39 is 17.8 Å². The minimum atomic E-state index is -4.45. The molecule has 2 fully saturated rings. The standard InChI is InChI=1S/C29H35Cl2F3N4O3/c1-19(18-41-2)35-17-21-14-22(29(32,33)34)6-8-25(21)36-10-12-37(13-11-36)28(40)26(38-9-3-4-27(38)39)15-20-5-7-23(30)16-24(20)31/h5-8,14,16,19,26,35H,3-4,9-13,15,17-18H2,1-2H3/t19-,26?/m1/s1. The second kappa shape index (κ2) is 13.6. The van der Waals surface area contributed by atoms with E-state index in [-0.39, 0.29) is 30.8 Å². The Kier molecular flexibility index (Phi) is 10.4. The van der Waals surface area contributed by atoms with Crippen molar-refractivity contribution >= 4 is 40.7 Å². The molecule has 7 nitrogen and oxygen atoms in total. The Bertz CT molecular complexity index is 1240. The third-order valence-corrected chi connectivity index (χ3v) is 8.18. The number of amides is 2. The normalized spacial score (nSPS) is 17.7. The average molecular weight is 616 g/mol. The summed E-state index contributed by atoms with van der Waals surface area (Å²) in [5, 5.41) is 4.15. The molecule has 1 unspecified atom stereocenters. The quantitative estimate of drug-likeness (QED) is 0.407. The van der Waals surface area contributed by atoms with E-state index in [0.29, 0.717) is 73.5 Å². The molecule has 1 N–H and O–H groups in total. The third-order valence-electron chi connectivity index (χ3n) is 7.60. The van der Waals surface area contributed by atoms with Crippen LogP contribution in [0, 0.1) is 0 Å². The average Bonchev–Trinajstić information content (AvgIpc) is 3.36. The van der Waals surface area contributed by atoms with E-state index in [1.54, 1.807) is 35.1 Å². The molecule has 41 heavy (non-hydrogen) atoms. The van der Waals surface area contributed by atoms with E-state index >= 15 is 0 Å². The van der Waals surface area contributed by atoms with Crippen molar-refractivity contribution in [3.63, 3.8) is 0 Å². The van der Waals surface area contributed by atoms with Gasteiger partial charge in [-0.3, -0.25) is 9.59 Å². The van der Waals surface area contributed by atoms with E-state index in [2.05, 4.69) is 5.32 Å². The Morgan fingerprint density at radius 3 is 2.39 bits per heavy atom. The van der Waals surface area contributed by atoms with Gasteiger partial charge >= 0.3 is 6.18 Å².